The van der Waals surface area contributed by atoms with Crippen LogP contribution in [0.3, 0.4) is 0 Å². The number of carbonyl (C=O) groups is 1. The maximum absolute atomic E-state index is 12.6. The maximum Gasteiger partial charge on any atom is 0.339 e. The maximum atomic E-state index is 12.6. The highest BCUT2D eigenvalue weighted by Gasteiger charge is 2.16. The van der Waals surface area contributed by atoms with E-state index in [0.29, 0.717) is 17.2 Å². The molecule has 6 heteroatoms. The molecule has 0 radical (unpaired) electrons. The van der Waals surface area contributed by atoms with Gasteiger partial charge in [0.1, 0.15) is 5.75 Å². The largest absolute Gasteiger partial charge is 0.496 e. The second kappa shape index (κ2) is 7.52. The molecule has 3 aromatic carbocycles. The summed E-state index contributed by atoms with van der Waals surface area (Å²) in [5.41, 5.74) is 2.37. The van der Waals surface area contributed by atoms with Gasteiger partial charge in [-0.1, -0.05) is 42.0 Å². The Morgan fingerprint density at radius 1 is 1.00 bits per heavy atom. The number of benzene rings is 3. The van der Waals surface area contributed by atoms with Crippen molar-refractivity contribution in [2.24, 2.45) is 0 Å². The number of methoxy groups -OCH3 is 1. The Morgan fingerprint density at radius 3 is 2.61 bits per heavy atom. The van der Waals surface area contributed by atoms with Crippen molar-refractivity contribution < 1.29 is 18.7 Å². The number of hydrogen-bond acceptors (Lipinski definition) is 6. The average molecular weight is 374 g/mol. The van der Waals surface area contributed by atoms with Crippen LogP contribution in [-0.4, -0.2) is 23.3 Å². The topological polar surface area (TPSA) is 74.5 Å². The van der Waals surface area contributed by atoms with E-state index >= 15 is 0 Å². The molecule has 4 rings (SSSR count). The lowest BCUT2D eigenvalue weighted by Gasteiger charge is -2.09. The van der Waals surface area contributed by atoms with Crippen LogP contribution >= 0.6 is 0 Å². The minimum Gasteiger partial charge on any atom is -0.496 e. The fourth-order valence-corrected chi connectivity index (χ4v) is 3.04. The van der Waals surface area contributed by atoms with Crippen molar-refractivity contribution in [2.75, 3.05) is 7.11 Å². The molecule has 0 spiro atoms. The molecule has 0 saturated carbocycles. The first-order valence-electron chi connectivity index (χ1n) is 8.78. The zero-order valence-electron chi connectivity index (χ0n) is 15.5. The number of nitrogens with zero attached hydrogens (tertiary/aromatic N) is 2. The predicted octanol–water partition coefficient (Wildman–Crippen LogP) is 4.56. The van der Waals surface area contributed by atoms with Crippen LogP contribution in [0.25, 0.3) is 22.2 Å². The van der Waals surface area contributed by atoms with Gasteiger partial charge in [-0.3, -0.25) is 0 Å². The molecule has 0 N–H and O–H groups in total. The lowest BCUT2D eigenvalue weighted by Crippen LogP contribution is -2.06. The van der Waals surface area contributed by atoms with Gasteiger partial charge < -0.3 is 13.9 Å². The second-order valence-corrected chi connectivity index (χ2v) is 6.31. The number of hydrogen-bond donors (Lipinski definition) is 0. The smallest absolute Gasteiger partial charge is 0.339 e. The van der Waals surface area contributed by atoms with E-state index < -0.39 is 5.97 Å². The summed E-state index contributed by atoms with van der Waals surface area (Å²) < 4.78 is 16.4. The van der Waals surface area contributed by atoms with E-state index in [2.05, 4.69) is 10.2 Å². The van der Waals surface area contributed by atoms with Crippen molar-refractivity contribution in [3.63, 3.8) is 0 Å². The quantitative estimate of drug-likeness (QED) is 0.477. The van der Waals surface area contributed by atoms with Crippen molar-refractivity contribution in [2.45, 2.75) is 13.5 Å². The molecular formula is C22H18N2O4. The fraction of sp³-hybridized carbons (Fsp3) is 0.136. The molecule has 0 bridgehead atoms. The Morgan fingerprint density at radius 2 is 1.82 bits per heavy atom. The Balaban J connectivity index is 1.52. The summed E-state index contributed by atoms with van der Waals surface area (Å²) in [6.45, 7) is 1.89. The number of aromatic nitrogens is 2. The van der Waals surface area contributed by atoms with Gasteiger partial charge in [-0.15, -0.1) is 10.2 Å². The summed E-state index contributed by atoms with van der Waals surface area (Å²) in [6, 6.07) is 18.7. The minimum absolute atomic E-state index is 0.0992. The molecule has 0 aliphatic rings. The van der Waals surface area contributed by atoms with Gasteiger partial charge in [0.05, 0.1) is 12.7 Å². The van der Waals surface area contributed by atoms with Gasteiger partial charge in [-0.2, -0.15) is 0 Å². The summed E-state index contributed by atoms with van der Waals surface area (Å²) in [5.74, 6) is 0.869. The summed E-state index contributed by atoms with van der Waals surface area (Å²) in [4.78, 5) is 12.6. The molecule has 140 valence electrons. The van der Waals surface area contributed by atoms with E-state index in [1.54, 1.807) is 19.2 Å². The SMILES string of the molecule is COc1ccc(C(=O)OCc2nnc(-c3cccc(C)c3)o2)c2ccccc12. The van der Waals surface area contributed by atoms with Crippen LogP contribution in [0.2, 0.25) is 0 Å². The number of rotatable bonds is 5. The molecule has 1 heterocycles. The summed E-state index contributed by atoms with van der Waals surface area (Å²) in [5, 5.41) is 9.60. The Bertz CT molecular complexity index is 1150. The van der Waals surface area contributed by atoms with Gasteiger partial charge in [-0.05, 0) is 36.6 Å². The van der Waals surface area contributed by atoms with Crippen LogP contribution < -0.4 is 4.74 Å². The van der Waals surface area contributed by atoms with E-state index in [0.717, 1.165) is 21.9 Å². The first kappa shape index (κ1) is 17.7. The Kier molecular flexibility index (Phi) is 4.76. The third-order valence-corrected chi connectivity index (χ3v) is 4.38. The Labute approximate surface area is 161 Å². The minimum atomic E-state index is -0.464. The monoisotopic (exact) mass is 374 g/mol. The van der Waals surface area contributed by atoms with Crippen molar-refractivity contribution in [1.82, 2.24) is 10.2 Å². The standard InChI is InChI=1S/C22H18N2O4/c1-14-6-5-7-15(12-14)21-24-23-20(28-21)13-27-22(25)18-10-11-19(26-2)17-9-4-3-8-16(17)18/h3-12H,13H2,1-2H3. The molecule has 0 unspecified atom stereocenters. The molecule has 0 aliphatic heterocycles. The lowest BCUT2D eigenvalue weighted by molar-refractivity contribution is 0.0441. The summed E-state index contributed by atoms with van der Waals surface area (Å²) in [7, 11) is 1.60. The highest BCUT2D eigenvalue weighted by atomic mass is 16.5. The van der Waals surface area contributed by atoms with Crippen LogP contribution in [-0.2, 0) is 11.3 Å². The number of fused-ring (bicyclic) bond motifs is 1. The molecule has 6 nitrogen and oxygen atoms in total. The zero-order valence-corrected chi connectivity index (χ0v) is 15.5. The molecule has 0 saturated heterocycles. The summed E-state index contributed by atoms with van der Waals surface area (Å²) >= 11 is 0. The van der Waals surface area contributed by atoms with Gasteiger partial charge in [0, 0.05) is 10.9 Å². The zero-order chi connectivity index (χ0) is 19.5. The van der Waals surface area contributed by atoms with E-state index in [1.807, 2.05) is 55.5 Å². The number of carbonyl (C=O) groups excluding carboxylic acids is 1. The number of esters is 1. The lowest BCUT2D eigenvalue weighted by atomic mass is 10.0. The highest BCUT2D eigenvalue weighted by molar-refractivity contribution is 6.06. The van der Waals surface area contributed by atoms with Crippen molar-refractivity contribution >= 4 is 16.7 Å². The van der Waals surface area contributed by atoms with Crippen molar-refractivity contribution in [3.05, 3.63) is 77.7 Å². The van der Waals surface area contributed by atoms with Gasteiger partial charge >= 0.3 is 5.97 Å². The van der Waals surface area contributed by atoms with E-state index in [4.69, 9.17) is 13.9 Å². The first-order chi connectivity index (χ1) is 13.7. The average Bonchev–Trinajstić information content (AvgIpc) is 3.20. The van der Waals surface area contributed by atoms with Crippen LogP contribution in [0.4, 0.5) is 0 Å². The first-order valence-corrected chi connectivity index (χ1v) is 8.78. The van der Waals surface area contributed by atoms with Gasteiger partial charge in [0.2, 0.25) is 5.89 Å². The van der Waals surface area contributed by atoms with E-state index in [-0.39, 0.29) is 12.5 Å². The van der Waals surface area contributed by atoms with E-state index in [9.17, 15) is 4.79 Å². The third kappa shape index (κ3) is 3.44. The van der Waals surface area contributed by atoms with Crippen LogP contribution in [0.5, 0.6) is 5.75 Å². The normalized spacial score (nSPS) is 10.8. The molecule has 0 aliphatic carbocycles. The van der Waals surface area contributed by atoms with Gasteiger partial charge in [-0.25, -0.2) is 4.79 Å². The van der Waals surface area contributed by atoms with Crippen LogP contribution in [0.15, 0.2) is 65.1 Å². The molecule has 28 heavy (non-hydrogen) atoms. The Hall–Kier alpha value is -3.67. The number of aryl methyl sites for hydroxylation is 1. The predicted molar refractivity (Wildman–Crippen MR) is 104 cm³/mol. The van der Waals surface area contributed by atoms with E-state index in [1.165, 1.54) is 0 Å². The molecule has 4 aromatic rings. The second-order valence-electron chi connectivity index (χ2n) is 6.31. The van der Waals surface area contributed by atoms with Crippen LogP contribution in [0.1, 0.15) is 21.8 Å². The fourth-order valence-electron chi connectivity index (χ4n) is 3.04. The molecule has 0 fully saturated rings. The van der Waals surface area contributed by atoms with Crippen LogP contribution in [0, 0.1) is 6.92 Å². The highest BCUT2D eigenvalue weighted by Crippen LogP contribution is 2.29. The van der Waals surface area contributed by atoms with Gasteiger partial charge in [0.15, 0.2) is 6.61 Å². The number of ether oxygens (including phenoxy) is 2. The van der Waals surface area contributed by atoms with Gasteiger partial charge in [0.25, 0.3) is 5.89 Å². The molecule has 0 atom stereocenters. The van der Waals surface area contributed by atoms with Crippen molar-refractivity contribution in [3.8, 4) is 17.2 Å². The summed E-state index contributed by atoms with van der Waals surface area (Å²) in [6.07, 6.45) is 0. The third-order valence-electron chi connectivity index (χ3n) is 4.38. The molecule has 1 aromatic heterocycles. The van der Waals surface area contributed by atoms with Crippen molar-refractivity contribution in [1.29, 1.82) is 0 Å². The molecule has 0 amide bonds. The molecular weight excluding hydrogens is 356 g/mol.